The van der Waals surface area contributed by atoms with Gasteiger partial charge in [0.15, 0.2) is 5.69 Å². The Labute approximate surface area is 160 Å². The molecule has 1 unspecified atom stereocenters. The molecule has 2 amide bonds. The predicted molar refractivity (Wildman–Crippen MR) is 87.7 cm³/mol. The third-order valence-corrected chi connectivity index (χ3v) is 3.78. The molecular weight excluding hydrogens is 406 g/mol. The van der Waals surface area contributed by atoms with Crippen LogP contribution < -0.4 is 10.6 Å². The normalized spacial score (nSPS) is 13.0. The SMILES string of the molecule is CNC(=O)c1nccnc1C(C)NC(=O)c1cc(C(F)(F)F)cc(C(F)(F)F)c1. The lowest BCUT2D eigenvalue weighted by Crippen LogP contribution is -2.31. The fourth-order valence-electron chi connectivity index (χ4n) is 2.39. The number of rotatable bonds is 4. The lowest BCUT2D eigenvalue weighted by atomic mass is 10.0. The summed E-state index contributed by atoms with van der Waals surface area (Å²) in [5, 5.41) is 4.54. The highest BCUT2D eigenvalue weighted by molar-refractivity contribution is 5.96. The first-order valence-corrected chi connectivity index (χ1v) is 7.98. The summed E-state index contributed by atoms with van der Waals surface area (Å²) in [6, 6.07) is -0.485. The maximum atomic E-state index is 12.9. The predicted octanol–water partition coefficient (Wildman–Crippen LogP) is 3.36. The molecule has 6 nitrogen and oxygen atoms in total. The molecular formula is C17H14F6N4O2. The van der Waals surface area contributed by atoms with E-state index >= 15 is 0 Å². The minimum Gasteiger partial charge on any atom is -0.354 e. The van der Waals surface area contributed by atoms with Crippen molar-refractivity contribution in [3.05, 3.63) is 58.7 Å². The van der Waals surface area contributed by atoms with Crippen molar-refractivity contribution in [3.8, 4) is 0 Å². The Kier molecular flexibility index (Phi) is 6.14. The molecule has 29 heavy (non-hydrogen) atoms. The van der Waals surface area contributed by atoms with E-state index < -0.39 is 46.9 Å². The Hall–Kier alpha value is -3.18. The zero-order valence-corrected chi connectivity index (χ0v) is 14.9. The molecule has 2 N–H and O–H groups in total. The summed E-state index contributed by atoms with van der Waals surface area (Å²) in [5.41, 5.74) is -4.23. The van der Waals surface area contributed by atoms with Crippen LogP contribution in [-0.2, 0) is 12.4 Å². The van der Waals surface area contributed by atoms with Crippen molar-refractivity contribution in [2.45, 2.75) is 25.3 Å². The van der Waals surface area contributed by atoms with Gasteiger partial charge in [-0.05, 0) is 25.1 Å². The van der Waals surface area contributed by atoms with Crippen LogP contribution in [0.4, 0.5) is 26.3 Å². The molecule has 0 spiro atoms. The quantitative estimate of drug-likeness (QED) is 0.743. The first-order valence-electron chi connectivity index (χ1n) is 7.98. The smallest absolute Gasteiger partial charge is 0.354 e. The van der Waals surface area contributed by atoms with Gasteiger partial charge in [-0.15, -0.1) is 0 Å². The summed E-state index contributed by atoms with van der Waals surface area (Å²) < 4.78 is 77.7. The molecule has 0 saturated heterocycles. The number of carbonyl (C=O) groups is 2. The first-order chi connectivity index (χ1) is 13.3. The molecule has 12 heteroatoms. The number of carbonyl (C=O) groups excluding carboxylic acids is 2. The summed E-state index contributed by atoms with van der Waals surface area (Å²) in [4.78, 5) is 31.9. The number of aromatic nitrogens is 2. The molecule has 0 radical (unpaired) electrons. The molecule has 0 fully saturated rings. The molecule has 2 rings (SSSR count). The van der Waals surface area contributed by atoms with E-state index in [-0.39, 0.29) is 17.5 Å². The van der Waals surface area contributed by atoms with Crippen molar-refractivity contribution in [2.75, 3.05) is 7.05 Å². The minimum absolute atomic E-state index is 0.0109. The average Bonchev–Trinajstić information content (AvgIpc) is 2.65. The highest BCUT2D eigenvalue weighted by atomic mass is 19.4. The van der Waals surface area contributed by atoms with Gasteiger partial charge in [0.2, 0.25) is 0 Å². The van der Waals surface area contributed by atoms with Crippen molar-refractivity contribution in [1.82, 2.24) is 20.6 Å². The second kappa shape index (κ2) is 8.05. The van der Waals surface area contributed by atoms with E-state index in [1.165, 1.54) is 26.4 Å². The monoisotopic (exact) mass is 420 g/mol. The van der Waals surface area contributed by atoms with Gasteiger partial charge in [-0.1, -0.05) is 0 Å². The molecule has 1 aromatic heterocycles. The van der Waals surface area contributed by atoms with Crippen LogP contribution in [0.1, 0.15) is 50.6 Å². The van der Waals surface area contributed by atoms with E-state index in [1.54, 1.807) is 0 Å². The van der Waals surface area contributed by atoms with Gasteiger partial charge in [-0.25, -0.2) is 4.98 Å². The van der Waals surface area contributed by atoms with Crippen molar-refractivity contribution < 1.29 is 35.9 Å². The fraction of sp³-hybridized carbons (Fsp3) is 0.294. The second-order valence-electron chi connectivity index (χ2n) is 5.86. The lowest BCUT2D eigenvalue weighted by Gasteiger charge is -2.17. The number of nitrogens with zero attached hydrogens (tertiary/aromatic N) is 2. The number of amides is 2. The van der Waals surface area contributed by atoms with E-state index in [0.29, 0.717) is 12.1 Å². The number of hydrogen-bond donors (Lipinski definition) is 2. The molecule has 0 aliphatic rings. The summed E-state index contributed by atoms with van der Waals surface area (Å²) in [6.07, 6.45) is -7.74. The first kappa shape index (κ1) is 22.1. The summed E-state index contributed by atoms with van der Waals surface area (Å²) in [6.45, 7) is 1.35. The van der Waals surface area contributed by atoms with Gasteiger partial charge >= 0.3 is 12.4 Å². The maximum Gasteiger partial charge on any atom is 0.416 e. The highest BCUT2D eigenvalue weighted by Crippen LogP contribution is 2.36. The zero-order chi connectivity index (χ0) is 22.0. The second-order valence-corrected chi connectivity index (χ2v) is 5.86. The Bertz CT molecular complexity index is 895. The topological polar surface area (TPSA) is 84.0 Å². The van der Waals surface area contributed by atoms with Crippen LogP contribution in [0.5, 0.6) is 0 Å². The van der Waals surface area contributed by atoms with E-state index in [2.05, 4.69) is 20.6 Å². The van der Waals surface area contributed by atoms with E-state index in [4.69, 9.17) is 0 Å². The number of nitrogens with one attached hydrogen (secondary N) is 2. The average molecular weight is 420 g/mol. The Morgan fingerprint density at radius 1 is 0.897 bits per heavy atom. The number of hydrogen-bond acceptors (Lipinski definition) is 4. The molecule has 1 aromatic carbocycles. The van der Waals surface area contributed by atoms with Crippen molar-refractivity contribution >= 4 is 11.8 Å². The van der Waals surface area contributed by atoms with Crippen molar-refractivity contribution in [1.29, 1.82) is 0 Å². The van der Waals surface area contributed by atoms with Crippen LogP contribution in [0.15, 0.2) is 30.6 Å². The van der Waals surface area contributed by atoms with Gasteiger partial charge < -0.3 is 10.6 Å². The summed E-state index contributed by atoms with van der Waals surface area (Å²) in [7, 11) is 1.32. The Morgan fingerprint density at radius 3 is 1.90 bits per heavy atom. The summed E-state index contributed by atoms with van der Waals surface area (Å²) >= 11 is 0. The van der Waals surface area contributed by atoms with Gasteiger partial charge in [0.05, 0.1) is 22.9 Å². The molecule has 0 aliphatic heterocycles. The molecule has 0 bridgehead atoms. The Balaban J connectivity index is 2.40. The van der Waals surface area contributed by atoms with Crippen LogP contribution in [0, 0.1) is 0 Å². The van der Waals surface area contributed by atoms with E-state index in [1.807, 2.05) is 0 Å². The zero-order valence-electron chi connectivity index (χ0n) is 14.9. The third-order valence-electron chi connectivity index (χ3n) is 3.78. The summed E-state index contributed by atoms with van der Waals surface area (Å²) in [5.74, 6) is -1.84. The van der Waals surface area contributed by atoms with Crippen LogP contribution in [0.25, 0.3) is 0 Å². The van der Waals surface area contributed by atoms with Crippen molar-refractivity contribution in [2.24, 2.45) is 0 Å². The van der Waals surface area contributed by atoms with E-state index in [9.17, 15) is 35.9 Å². The highest BCUT2D eigenvalue weighted by Gasteiger charge is 2.37. The minimum atomic E-state index is -5.08. The molecule has 1 atom stereocenters. The van der Waals surface area contributed by atoms with Gasteiger partial charge in [-0.3, -0.25) is 14.6 Å². The van der Waals surface area contributed by atoms with Crippen LogP contribution in [0.3, 0.4) is 0 Å². The van der Waals surface area contributed by atoms with Gasteiger partial charge in [-0.2, -0.15) is 26.3 Å². The lowest BCUT2D eigenvalue weighted by molar-refractivity contribution is -0.143. The van der Waals surface area contributed by atoms with Gasteiger partial charge in [0.1, 0.15) is 0 Å². The molecule has 2 aromatic rings. The van der Waals surface area contributed by atoms with Crippen LogP contribution >= 0.6 is 0 Å². The third kappa shape index (κ3) is 5.21. The van der Waals surface area contributed by atoms with Gasteiger partial charge in [0, 0.05) is 25.0 Å². The number of halogens is 6. The largest absolute Gasteiger partial charge is 0.416 e. The molecule has 0 saturated carbocycles. The van der Waals surface area contributed by atoms with Crippen molar-refractivity contribution in [3.63, 3.8) is 0 Å². The number of benzene rings is 1. The Morgan fingerprint density at radius 2 is 1.41 bits per heavy atom. The van der Waals surface area contributed by atoms with Gasteiger partial charge in [0.25, 0.3) is 11.8 Å². The van der Waals surface area contributed by atoms with Crippen LogP contribution in [-0.4, -0.2) is 28.8 Å². The molecule has 156 valence electrons. The van der Waals surface area contributed by atoms with E-state index in [0.717, 1.165) is 0 Å². The molecule has 0 aliphatic carbocycles. The fourth-order valence-corrected chi connectivity index (χ4v) is 2.39. The van der Waals surface area contributed by atoms with Crippen LogP contribution in [0.2, 0.25) is 0 Å². The standard InChI is InChI=1S/C17H14F6N4O2/c1-8(12-13(15(29)24-2)26-4-3-25-12)27-14(28)9-5-10(16(18,19)20)7-11(6-9)17(21,22)23/h3-8H,1-2H3,(H,24,29)(H,27,28). The molecule has 1 heterocycles. The maximum absolute atomic E-state index is 12.9. The number of alkyl halides is 6.